The topological polar surface area (TPSA) is 108 Å². The molecule has 0 unspecified atom stereocenters. The number of nitrogens with zero attached hydrogens (tertiary/aromatic N) is 3. The number of carbonyl (C=O) groups is 1. The van der Waals surface area contributed by atoms with Crippen molar-refractivity contribution in [3.63, 3.8) is 0 Å². The minimum Gasteiger partial charge on any atom is -0.493 e. The highest BCUT2D eigenvalue weighted by Gasteiger charge is 2.11. The van der Waals surface area contributed by atoms with E-state index in [0.29, 0.717) is 11.3 Å². The van der Waals surface area contributed by atoms with E-state index in [1.54, 1.807) is 12.1 Å². The smallest absolute Gasteiger partial charge is 0.254 e. The summed E-state index contributed by atoms with van der Waals surface area (Å²) in [6.07, 6.45) is 1.07. The van der Waals surface area contributed by atoms with Gasteiger partial charge in [0.2, 0.25) is 0 Å². The number of halogens is 1. The average Bonchev–Trinajstić information content (AvgIpc) is 2.46. The summed E-state index contributed by atoms with van der Waals surface area (Å²) in [5.74, 6) is 0.0784. The summed E-state index contributed by atoms with van der Waals surface area (Å²) in [6.45, 7) is -0.159. The molecule has 1 N–H and O–H groups in total. The van der Waals surface area contributed by atoms with Gasteiger partial charge in [-0.3, -0.25) is 4.79 Å². The van der Waals surface area contributed by atoms with Crippen molar-refractivity contribution in [2.75, 3.05) is 13.7 Å². The molecule has 1 aromatic rings. The number of ether oxygens (including phenoxy) is 2. The van der Waals surface area contributed by atoms with Gasteiger partial charge in [-0.1, -0.05) is 11.6 Å². The normalized spacial score (nSPS) is 9.71. The summed E-state index contributed by atoms with van der Waals surface area (Å²) in [4.78, 5) is 11.0. The van der Waals surface area contributed by atoms with Gasteiger partial charge in [0.1, 0.15) is 12.5 Å². The molecular formula is C13H11ClN4O3. The lowest BCUT2D eigenvalue weighted by Gasteiger charge is -2.10. The number of rotatable bonds is 6. The summed E-state index contributed by atoms with van der Waals surface area (Å²) in [7, 11) is 1.43. The molecule has 0 saturated heterocycles. The van der Waals surface area contributed by atoms with Gasteiger partial charge in [-0.15, -0.1) is 0 Å². The number of benzene rings is 1. The summed E-state index contributed by atoms with van der Waals surface area (Å²) >= 11 is 6.03. The van der Waals surface area contributed by atoms with Crippen LogP contribution in [0.2, 0.25) is 5.02 Å². The maximum absolute atomic E-state index is 11.0. The monoisotopic (exact) mass is 306 g/mol. The van der Waals surface area contributed by atoms with Crippen LogP contribution in [-0.4, -0.2) is 25.8 Å². The molecule has 0 aliphatic carbocycles. The number of carbonyl (C=O) groups excluding carboxylic acids is 1. The second-order valence-electron chi connectivity index (χ2n) is 3.61. The molecule has 0 fully saturated rings. The molecule has 108 valence electrons. The van der Waals surface area contributed by atoms with Crippen molar-refractivity contribution >= 4 is 23.7 Å². The summed E-state index contributed by atoms with van der Waals surface area (Å²) < 4.78 is 10.3. The molecule has 0 aromatic heterocycles. The molecule has 21 heavy (non-hydrogen) atoms. The Kier molecular flexibility index (Phi) is 6.52. The zero-order valence-electron chi connectivity index (χ0n) is 11.1. The van der Waals surface area contributed by atoms with Crippen molar-refractivity contribution in [2.24, 2.45) is 5.10 Å². The molecule has 1 rings (SSSR count). The van der Waals surface area contributed by atoms with Crippen LogP contribution in [0.5, 0.6) is 11.5 Å². The Balaban J connectivity index is 2.88. The van der Waals surface area contributed by atoms with Gasteiger partial charge in [0, 0.05) is 0 Å². The number of methoxy groups -OCH3 is 1. The molecule has 0 heterocycles. The Labute approximate surface area is 126 Å². The fourth-order valence-corrected chi connectivity index (χ4v) is 1.62. The van der Waals surface area contributed by atoms with Gasteiger partial charge in [0.15, 0.2) is 18.1 Å². The highest BCUT2D eigenvalue weighted by atomic mass is 35.5. The lowest BCUT2D eigenvalue weighted by atomic mass is 10.2. The Morgan fingerprint density at radius 2 is 2.24 bits per heavy atom. The molecule has 0 saturated carbocycles. The Hall–Kier alpha value is -2.77. The van der Waals surface area contributed by atoms with E-state index in [-0.39, 0.29) is 23.8 Å². The predicted octanol–water partition coefficient (Wildman–Crippen LogP) is 1.61. The van der Waals surface area contributed by atoms with E-state index < -0.39 is 5.91 Å². The third-order valence-corrected chi connectivity index (χ3v) is 2.46. The van der Waals surface area contributed by atoms with Crippen molar-refractivity contribution in [1.29, 1.82) is 10.5 Å². The van der Waals surface area contributed by atoms with Crippen LogP contribution in [0.4, 0.5) is 0 Å². The predicted molar refractivity (Wildman–Crippen MR) is 75.1 cm³/mol. The molecule has 1 aromatic carbocycles. The second-order valence-corrected chi connectivity index (χ2v) is 4.02. The third-order valence-electron chi connectivity index (χ3n) is 2.18. The van der Waals surface area contributed by atoms with E-state index >= 15 is 0 Å². The van der Waals surface area contributed by atoms with Gasteiger partial charge in [0.05, 0.1) is 24.4 Å². The van der Waals surface area contributed by atoms with Crippen molar-refractivity contribution in [1.82, 2.24) is 5.43 Å². The van der Waals surface area contributed by atoms with Crippen LogP contribution in [0.25, 0.3) is 0 Å². The van der Waals surface area contributed by atoms with Crippen LogP contribution in [0.1, 0.15) is 12.0 Å². The lowest BCUT2D eigenvalue weighted by Crippen LogP contribution is -2.16. The molecule has 1 amide bonds. The molecule has 0 bridgehead atoms. The first-order valence-electron chi connectivity index (χ1n) is 5.68. The molecule has 0 radical (unpaired) electrons. The standard InChI is InChI=1S/C13H11ClN4O3/c1-20-11-7-9(8-17-18-12(19)2-3-15)6-10(14)13(11)21-5-4-16/h6-8H,2,5H2,1H3,(H,18,19)/b17-8-. The lowest BCUT2D eigenvalue weighted by molar-refractivity contribution is -0.120. The fraction of sp³-hybridized carbons (Fsp3) is 0.231. The van der Waals surface area contributed by atoms with Crippen LogP contribution in [0, 0.1) is 22.7 Å². The van der Waals surface area contributed by atoms with Gasteiger partial charge < -0.3 is 9.47 Å². The van der Waals surface area contributed by atoms with Gasteiger partial charge in [-0.2, -0.15) is 15.6 Å². The number of amides is 1. The highest BCUT2D eigenvalue weighted by molar-refractivity contribution is 6.32. The zero-order valence-corrected chi connectivity index (χ0v) is 11.8. The van der Waals surface area contributed by atoms with Gasteiger partial charge in [-0.05, 0) is 17.7 Å². The van der Waals surface area contributed by atoms with E-state index in [4.69, 9.17) is 31.6 Å². The van der Waals surface area contributed by atoms with Crippen LogP contribution in [-0.2, 0) is 4.79 Å². The van der Waals surface area contributed by atoms with E-state index in [2.05, 4.69) is 10.5 Å². The molecule has 0 aliphatic heterocycles. The zero-order chi connectivity index (χ0) is 15.7. The number of hydrogen-bond donors (Lipinski definition) is 1. The van der Waals surface area contributed by atoms with Crippen LogP contribution < -0.4 is 14.9 Å². The van der Waals surface area contributed by atoms with E-state index in [9.17, 15) is 4.79 Å². The number of hydrogen-bond acceptors (Lipinski definition) is 6. The maximum atomic E-state index is 11.0. The first-order chi connectivity index (χ1) is 10.1. The van der Waals surface area contributed by atoms with E-state index in [1.165, 1.54) is 19.4 Å². The van der Waals surface area contributed by atoms with E-state index in [1.807, 2.05) is 6.07 Å². The Morgan fingerprint density at radius 1 is 1.48 bits per heavy atom. The summed E-state index contributed by atoms with van der Waals surface area (Å²) in [6, 6.07) is 6.65. The highest BCUT2D eigenvalue weighted by Crippen LogP contribution is 2.35. The number of hydrazone groups is 1. The van der Waals surface area contributed by atoms with Crippen molar-refractivity contribution in [3.05, 3.63) is 22.7 Å². The summed E-state index contributed by atoms with van der Waals surface area (Å²) in [5.41, 5.74) is 2.74. The van der Waals surface area contributed by atoms with Crippen molar-refractivity contribution < 1.29 is 14.3 Å². The van der Waals surface area contributed by atoms with E-state index in [0.717, 1.165) is 0 Å². The van der Waals surface area contributed by atoms with Crippen molar-refractivity contribution in [3.8, 4) is 23.6 Å². The SMILES string of the molecule is COc1cc(/C=N\NC(=O)CC#N)cc(Cl)c1OCC#N. The van der Waals surface area contributed by atoms with Gasteiger partial charge >= 0.3 is 0 Å². The van der Waals surface area contributed by atoms with Crippen LogP contribution in [0.3, 0.4) is 0 Å². The number of nitriles is 2. The van der Waals surface area contributed by atoms with Crippen molar-refractivity contribution in [2.45, 2.75) is 6.42 Å². The Bertz CT molecular complexity index is 632. The summed E-state index contributed by atoms with van der Waals surface area (Å²) in [5, 5.41) is 20.8. The molecule has 0 spiro atoms. The molecule has 7 nitrogen and oxygen atoms in total. The molecule has 0 aliphatic rings. The molecule has 8 heteroatoms. The molecule has 0 atom stereocenters. The quantitative estimate of drug-likeness (QED) is 0.634. The maximum Gasteiger partial charge on any atom is 0.254 e. The largest absolute Gasteiger partial charge is 0.493 e. The third kappa shape index (κ3) is 5.01. The first kappa shape index (κ1) is 16.3. The van der Waals surface area contributed by atoms with Crippen LogP contribution in [0.15, 0.2) is 17.2 Å². The first-order valence-corrected chi connectivity index (χ1v) is 6.06. The average molecular weight is 307 g/mol. The minimum absolute atomic E-state index is 0.159. The minimum atomic E-state index is -0.513. The second kappa shape index (κ2) is 8.41. The van der Waals surface area contributed by atoms with Crippen LogP contribution >= 0.6 is 11.6 Å². The van der Waals surface area contributed by atoms with Gasteiger partial charge in [-0.25, -0.2) is 5.43 Å². The molecular weight excluding hydrogens is 296 g/mol. The van der Waals surface area contributed by atoms with Gasteiger partial charge in [0.25, 0.3) is 5.91 Å². The number of nitrogens with one attached hydrogen (secondary N) is 1. The Morgan fingerprint density at radius 3 is 2.86 bits per heavy atom. The fourth-order valence-electron chi connectivity index (χ4n) is 1.35.